The van der Waals surface area contributed by atoms with Crippen LogP contribution in [-0.4, -0.2) is 11.0 Å². The van der Waals surface area contributed by atoms with Crippen molar-refractivity contribution in [3.63, 3.8) is 0 Å². The number of nitrogens with zero attached hydrogens (tertiary/aromatic N) is 1. The van der Waals surface area contributed by atoms with Crippen molar-refractivity contribution < 1.29 is 9.21 Å². The molecule has 3 rings (SSSR count). The average Bonchev–Trinajstić information content (AvgIpc) is 3.08. The molecule has 2 heterocycles. The topological polar surface area (TPSA) is 67.2 Å². The number of anilines is 1. The van der Waals surface area contributed by atoms with Gasteiger partial charge in [-0.15, -0.1) is 11.8 Å². The van der Waals surface area contributed by atoms with Gasteiger partial charge in [0.1, 0.15) is 11.5 Å². The quantitative estimate of drug-likeness (QED) is 0.591. The van der Waals surface area contributed by atoms with Crippen molar-refractivity contribution in [2.45, 2.75) is 30.7 Å². The minimum Gasteiger partial charge on any atom is -0.464 e. The number of benzene rings is 1. The fourth-order valence-electron chi connectivity index (χ4n) is 2.45. The van der Waals surface area contributed by atoms with Crippen LogP contribution >= 0.6 is 11.8 Å². The lowest BCUT2D eigenvalue weighted by atomic mass is 10.2. The summed E-state index contributed by atoms with van der Waals surface area (Å²) >= 11 is 1.66. The van der Waals surface area contributed by atoms with E-state index in [1.165, 1.54) is 0 Å². The number of rotatable bonds is 6. The number of hydrogen-bond donors (Lipinski definition) is 2. The second kappa shape index (κ2) is 8.58. The summed E-state index contributed by atoms with van der Waals surface area (Å²) in [5.41, 5.74) is 1.87. The molecule has 3 aromatic rings. The van der Waals surface area contributed by atoms with Crippen molar-refractivity contribution in [1.82, 2.24) is 10.3 Å². The number of aromatic nitrogens is 1. The van der Waals surface area contributed by atoms with Gasteiger partial charge in [0.05, 0.1) is 11.1 Å². The number of amides is 2. The van der Waals surface area contributed by atoms with Gasteiger partial charge in [-0.3, -0.25) is 0 Å². The predicted molar refractivity (Wildman–Crippen MR) is 104 cm³/mol. The van der Waals surface area contributed by atoms with Gasteiger partial charge in [-0.1, -0.05) is 18.2 Å². The van der Waals surface area contributed by atoms with Gasteiger partial charge in [0, 0.05) is 17.6 Å². The highest BCUT2D eigenvalue weighted by Crippen LogP contribution is 2.22. The number of hydrogen-bond acceptors (Lipinski definition) is 4. The number of carbonyl (C=O) groups excluding carboxylic acids is 1. The monoisotopic (exact) mass is 367 g/mol. The molecule has 0 aliphatic carbocycles. The highest BCUT2D eigenvalue weighted by molar-refractivity contribution is 7.98. The van der Waals surface area contributed by atoms with E-state index in [1.807, 2.05) is 68.4 Å². The van der Waals surface area contributed by atoms with E-state index < -0.39 is 0 Å². The van der Waals surface area contributed by atoms with Crippen LogP contribution < -0.4 is 10.6 Å². The Hall–Kier alpha value is -2.73. The van der Waals surface area contributed by atoms with Gasteiger partial charge < -0.3 is 15.1 Å². The highest BCUT2D eigenvalue weighted by Gasteiger charge is 2.12. The number of urea groups is 1. The Morgan fingerprint density at radius 2 is 2.08 bits per heavy atom. The van der Waals surface area contributed by atoms with E-state index in [9.17, 15) is 4.79 Å². The third-order valence-electron chi connectivity index (χ3n) is 3.74. The van der Waals surface area contributed by atoms with Crippen LogP contribution in [0.4, 0.5) is 10.5 Å². The zero-order chi connectivity index (χ0) is 18.4. The molecule has 2 amide bonds. The number of carbonyl (C=O) groups is 1. The Kier molecular flexibility index (Phi) is 5.96. The maximum atomic E-state index is 12.2. The SMILES string of the molecule is Cc1ccc(C(C)NC(=O)Nc2cccc(CSc3ccccn3)c2)o1. The van der Waals surface area contributed by atoms with Gasteiger partial charge in [-0.05, 0) is 55.8 Å². The van der Waals surface area contributed by atoms with Crippen molar-refractivity contribution in [1.29, 1.82) is 0 Å². The molecule has 2 N–H and O–H groups in total. The van der Waals surface area contributed by atoms with Crippen molar-refractivity contribution in [3.05, 3.63) is 77.9 Å². The molecule has 2 aromatic heterocycles. The molecule has 26 heavy (non-hydrogen) atoms. The van der Waals surface area contributed by atoms with E-state index in [0.717, 1.165) is 33.6 Å². The molecule has 6 heteroatoms. The molecule has 0 spiro atoms. The van der Waals surface area contributed by atoms with E-state index in [0.29, 0.717) is 0 Å². The van der Waals surface area contributed by atoms with Crippen LogP contribution in [0, 0.1) is 6.92 Å². The first-order chi connectivity index (χ1) is 12.6. The Bertz CT molecular complexity index is 864. The van der Waals surface area contributed by atoms with Crippen LogP contribution in [0.15, 0.2) is 70.2 Å². The maximum Gasteiger partial charge on any atom is 0.319 e. The number of pyridine rings is 1. The summed E-state index contributed by atoms with van der Waals surface area (Å²) in [5.74, 6) is 2.35. The summed E-state index contributed by atoms with van der Waals surface area (Å²) in [5, 5.41) is 6.73. The lowest BCUT2D eigenvalue weighted by Crippen LogP contribution is -2.30. The molecule has 0 aliphatic rings. The van der Waals surface area contributed by atoms with Gasteiger partial charge in [-0.25, -0.2) is 9.78 Å². The zero-order valence-electron chi connectivity index (χ0n) is 14.7. The van der Waals surface area contributed by atoms with E-state index in [-0.39, 0.29) is 12.1 Å². The van der Waals surface area contributed by atoms with Crippen LogP contribution in [0.5, 0.6) is 0 Å². The van der Waals surface area contributed by atoms with E-state index >= 15 is 0 Å². The minimum absolute atomic E-state index is 0.202. The van der Waals surface area contributed by atoms with Crippen LogP contribution in [0.25, 0.3) is 0 Å². The first-order valence-corrected chi connectivity index (χ1v) is 9.35. The molecular weight excluding hydrogens is 346 g/mol. The summed E-state index contributed by atoms with van der Waals surface area (Å²) in [6, 6.07) is 17.0. The summed E-state index contributed by atoms with van der Waals surface area (Å²) < 4.78 is 5.54. The Balaban J connectivity index is 1.55. The van der Waals surface area contributed by atoms with Crippen molar-refractivity contribution in [3.8, 4) is 0 Å². The van der Waals surface area contributed by atoms with Crippen LogP contribution in [0.1, 0.15) is 30.0 Å². The molecule has 1 aromatic carbocycles. The van der Waals surface area contributed by atoms with Crippen LogP contribution in [0.2, 0.25) is 0 Å². The standard InChI is InChI=1S/C20H21N3O2S/c1-14-9-10-18(25-14)15(2)22-20(24)23-17-7-5-6-16(12-17)13-26-19-8-3-4-11-21-19/h3-12,15H,13H2,1-2H3,(H2,22,23,24). The lowest BCUT2D eigenvalue weighted by molar-refractivity contribution is 0.247. The van der Waals surface area contributed by atoms with Crippen molar-refractivity contribution in [2.75, 3.05) is 5.32 Å². The number of thioether (sulfide) groups is 1. The second-order valence-electron chi connectivity index (χ2n) is 5.93. The molecule has 0 fully saturated rings. The maximum absolute atomic E-state index is 12.2. The molecule has 5 nitrogen and oxygen atoms in total. The fourth-order valence-corrected chi connectivity index (χ4v) is 3.25. The van der Waals surface area contributed by atoms with E-state index in [2.05, 4.69) is 15.6 Å². The summed E-state index contributed by atoms with van der Waals surface area (Å²) in [7, 11) is 0. The Morgan fingerprint density at radius 1 is 1.19 bits per heavy atom. The molecule has 1 atom stereocenters. The molecule has 134 valence electrons. The van der Waals surface area contributed by atoms with Crippen molar-refractivity contribution >= 4 is 23.5 Å². The summed E-state index contributed by atoms with van der Waals surface area (Å²) in [4.78, 5) is 16.5. The van der Waals surface area contributed by atoms with Gasteiger partial charge in [0.2, 0.25) is 0 Å². The van der Waals surface area contributed by atoms with Gasteiger partial charge in [0.15, 0.2) is 0 Å². The Morgan fingerprint density at radius 3 is 2.81 bits per heavy atom. The molecule has 0 radical (unpaired) electrons. The van der Waals surface area contributed by atoms with E-state index in [4.69, 9.17) is 4.42 Å². The highest BCUT2D eigenvalue weighted by atomic mass is 32.2. The molecule has 0 saturated heterocycles. The van der Waals surface area contributed by atoms with Gasteiger partial charge in [-0.2, -0.15) is 0 Å². The predicted octanol–water partition coefficient (Wildman–Crippen LogP) is 5.16. The van der Waals surface area contributed by atoms with Crippen LogP contribution in [-0.2, 0) is 5.75 Å². The summed E-state index contributed by atoms with van der Waals surface area (Å²) in [6.07, 6.45) is 1.78. The fraction of sp³-hybridized carbons (Fsp3) is 0.200. The number of nitrogens with one attached hydrogen (secondary N) is 2. The van der Waals surface area contributed by atoms with Crippen LogP contribution in [0.3, 0.4) is 0 Å². The van der Waals surface area contributed by atoms with Gasteiger partial charge in [0.25, 0.3) is 0 Å². The molecule has 1 unspecified atom stereocenters. The third kappa shape index (κ3) is 5.13. The van der Waals surface area contributed by atoms with Crippen molar-refractivity contribution in [2.24, 2.45) is 0 Å². The summed E-state index contributed by atoms with van der Waals surface area (Å²) in [6.45, 7) is 3.77. The first-order valence-electron chi connectivity index (χ1n) is 8.37. The van der Waals surface area contributed by atoms with Gasteiger partial charge >= 0.3 is 6.03 Å². The lowest BCUT2D eigenvalue weighted by Gasteiger charge is -2.13. The minimum atomic E-state index is -0.263. The third-order valence-corrected chi connectivity index (χ3v) is 4.76. The molecule has 0 bridgehead atoms. The molecular formula is C20H21N3O2S. The average molecular weight is 367 g/mol. The number of furan rings is 1. The Labute approximate surface area is 157 Å². The smallest absolute Gasteiger partial charge is 0.319 e. The van der Waals surface area contributed by atoms with E-state index in [1.54, 1.807) is 18.0 Å². The first kappa shape index (κ1) is 18.1. The molecule has 0 aliphatic heterocycles. The second-order valence-corrected chi connectivity index (χ2v) is 6.92. The molecule has 0 saturated carbocycles. The normalized spacial score (nSPS) is 11.8. The number of aryl methyl sites for hydroxylation is 1. The largest absolute Gasteiger partial charge is 0.464 e. The zero-order valence-corrected chi connectivity index (χ0v) is 15.5.